The van der Waals surface area contributed by atoms with Gasteiger partial charge >= 0.3 is 0 Å². The Morgan fingerprint density at radius 2 is 2.00 bits per heavy atom. The number of phenolic OH excluding ortho intramolecular Hbond substituents is 1. The largest absolute Gasteiger partial charge is 0.508 e. The van der Waals surface area contributed by atoms with Gasteiger partial charge in [0.1, 0.15) is 22.6 Å². The van der Waals surface area contributed by atoms with Crippen LogP contribution in [0.3, 0.4) is 0 Å². The molecule has 0 unspecified atom stereocenters. The quantitative estimate of drug-likeness (QED) is 0.404. The van der Waals surface area contributed by atoms with Gasteiger partial charge in [0.05, 0.1) is 5.02 Å². The molecule has 1 fully saturated rings. The highest BCUT2D eigenvalue weighted by Gasteiger charge is 2.24. The Kier molecular flexibility index (Phi) is 5.76. The lowest BCUT2D eigenvalue weighted by Gasteiger charge is -2.34. The first-order valence-electron chi connectivity index (χ1n) is 8.87. The Morgan fingerprint density at radius 3 is 2.72 bits per heavy atom. The number of hydrogen-bond acceptors (Lipinski definition) is 6. The van der Waals surface area contributed by atoms with Gasteiger partial charge in [-0.05, 0) is 41.9 Å². The molecule has 2 aromatic carbocycles. The number of rotatable bonds is 4. The van der Waals surface area contributed by atoms with Crippen LogP contribution in [0.15, 0.2) is 41.0 Å². The zero-order chi connectivity index (χ0) is 20.5. The van der Waals surface area contributed by atoms with E-state index in [-0.39, 0.29) is 21.9 Å². The summed E-state index contributed by atoms with van der Waals surface area (Å²) in [4.78, 5) is 14.7. The fourth-order valence-corrected chi connectivity index (χ4v) is 5.06. The number of aromatic nitrogens is 1. The zero-order valence-corrected chi connectivity index (χ0v) is 18.3. The lowest BCUT2D eigenvalue weighted by Crippen LogP contribution is -2.43. The maximum atomic E-state index is 15.4. The van der Waals surface area contributed by atoms with Crippen molar-refractivity contribution >= 4 is 61.3 Å². The molecule has 0 atom stereocenters. The summed E-state index contributed by atoms with van der Waals surface area (Å²) in [6.45, 7) is 2.99. The normalized spacial score (nSPS) is 14.9. The first kappa shape index (κ1) is 20.1. The number of hydrogen-bond donors (Lipinski definition) is 1. The molecule has 0 spiro atoms. The predicted molar refractivity (Wildman–Crippen MR) is 118 cm³/mol. The van der Waals surface area contributed by atoms with Gasteiger partial charge in [0.25, 0.3) is 0 Å². The third kappa shape index (κ3) is 3.84. The molecule has 0 amide bonds. The highest BCUT2D eigenvalue weighted by molar-refractivity contribution is 9.10. The van der Waals surface area contributed by atoms with Gasteiger partial charge < -0.3 is 14.9 Å². The molecule has 2 heterocycles. The molecule has 29 heavy (non-hydrogen) atoms. The Hall–Kier alpha value is -2.16. The lowest BCUT2D eigenvalue weighted by atomic mass is 10.0. The molecular formula is C20H16BrClFN3O2S. The molecule has 3 aromatic rings. The van der Waals surface area contributed by atoms with Crippen LogP contribution in [-0.2, 0) is 4.79 Å². The Bertz CT molecular complexity index is 1110. The summed E-state index contributed by atoms with van der Waals surface area (Å²) < 4.78 is 20.4. The number of fused-ring (bicyclic) bond motifs is 1. The molecule has 1 N–H and O–H groups in total. The summed E-state index contributed by atoms with van der Waals surface area (Å²) >= 11 is 11.1. The van der Waals surface area contributed by atoms with Gasteiger partial charge in [0.2, 0.25) is 0 Å². The second-order valence-corrected chi connectivity index (χ2v) is 8.61. The molecule has 150 valence electrons. The van der Waals surface area contributed by atoms with Gasteiger partial charge in [-0.15, -0.1) is 0 Å². The average Bonchev–Trinajstić information content (AvgIpc) is 3.13. The van der Waals surface area contributed by atoms with E-state index in [1.54, 1.807) is 18.3 Å². The molecule has 9 heteroatoms. The molecule has 1 aliphatic rings. The summed E-state index contributed by atoms with van der Waals surface area (Å²) in [6.07, 6.45) is 4.02. The topological polar surface area (TPSA) is 56.7 Å². The predicted octanol–water partition coefficient (Wildman–Crippen LogP) is 5.06. The molecule has 0 radical (unpaired) electrons. The van der Waals surface area contributed by atoms with Crippen LogP contribution >= 0.6 is 39.1 Å². The highest BCUT2D eigenvalue weighted by Crippen LogP contribution is 2.43. The van der Waals surface area contributed by atoms with Crippen molar-refractivity contribution in [2.24, 2.45) is 0 Å². The summed E-state index contributed by atoms with van der Waals surface area (Å²) in [5.74, 6) is -0.479. The van der Waals surface area contributed by atoms with Gasteiger partial charge in [0.15, 0.2) is 5.82 Å². The van der Waals surface area contributed by atoms with E-state index in [1.165, 1.54) is 29.7 Å². The van der Waals surface area contributed by atoms with Crippen molar-refractivity contribution in [2.45, 2.75) is 0 Å². The van der Waals surface area contributed by atoms with Crippen LogP contribution in [0.1, 0.15) is 0 Å². The maximum Gasteiger partial charge on any atom is 0.159 e. The van der Waals surface area contributed by atoms with Gasteiger partial charge in [-0.1, -0.05) is 27.5 Å². The van der Waals surface area contributed by atoms with Crippen molar-refractivity contribution in [1.82, 2.24) is 9.27 Å². The van der Waals surface area contributed by atoms with Gasteiger partial charge in [-0.25, -0.2) is 4.39 Å². The molecule has 1 aromatic heterocycles. The van der Waals surface area contributed by atoms with Crippen molar-refractivity contribution < 1.29 is 14.3 Å². The maximum absolute atomic E-state index is 15.4. The average molecular weight is 497 g/mol. The van der Waals surface area contributed by atoms with Gasteiger partial charge in [-0.2, -0.15) is 4.37 Å². The smallest absolute Gasteiger partial charge is 0.159 e. The molecule has 0 aliphatic carbocycles. The number of nitrogens with zero attached hydrogens (tertiary/aromatic N) is 3. The van der Waals surface area contributed by atoms with Crippen LogP contribution in [-0.4, -0.2) is 46.8 Å². The number of carbonyl (C=O) groups is 1. The minimum atomic E-state index is -0.506. The second kappa shape index (κ2) is 8.30. The number of allylic oxidation sites excluding steroid dienone is 1. The van der Waals surface area contributed by atoms with E-state index in [0.29, 0.717) is 15.4 Å². The van der Waals surface area contributed by atoms with Crippen LogP contribution < -0.4 is 4.90 Å². The number of piperazine rings is 1. The fraction of sp³-hybridized carbons (Fsp3) is 0.200. The number of halogens is 3. The first-order valence-corrected chi connectivity index (χ1v) is 10.8. The summed E-state index contributed by atoms with van der Waals surface area (Å²) in [5.41, 5.74) is 0.949. The third-order valence-corrected chi connectivity index (χ3v) is 6.76. The van der Waals surface area contributed by atoms with Crippen LogP contribution in [0.2, 0.25) is 5.02 Å². The SMILES string of the molecule is O=CC=CN1CCN(c2snc3c(F)c(-c4cc(O)ccc4Br)c(Cl)cc23)CC1. The monoisotopic (exact) mass is 495 g/mol. The lowest BCUT2D eigenvalue weighted by molar-refractivity contribution is -0.104. The van der Waals surface area contributed by atoms with E-state index in [1.807, 2.05) is 0 Å². The highest BCUT2D eigenvalue weighted by atomic mass is 79.9. The van der Waals surface area contributed by atoms with Crippen molar-refractivity contribution in [3.63, 3.8) is 0 Å². The van der Waals surface area contributed by atoms with E-state index >= 15 is 4.39 Å². The van der Waals surface area contributed by atoms with E-state index in [9.17, 15) is 9.90 Å². The summed E-state index contributed by atoms with van der Waals surface area (Å²) in [6, 6.07) is 6.38. The van der Waals surface area contributed by atoms with E-state index in [4.69, 9.17) is 11.6 Å². The first-order chi connectivity index (χ1) is 14.0. The number of anilines is 1. The van der Waals surface area contributed by atoms with Crippen molar-refractivity contribution in [3.8, 4) is 16.9 Å². The fourth-order valence-electron chi connectivity index (χ4n) is 3.41. The Morgan fingerprint density at radius 1 is 1.24 bits per heavy atom. The molecule has 0 bridgehead atoms. The summed E-state index contributed by atoms with van der Waals surface area (Å²) in [7, 11) is 0. The number of phenols is 1. The Balaban J connectivity index is 1.71. The minimum absolute atomic E-state index is 0.0271. The Labute approximate surface area is 184 Å². The van der Waals surface area contributed by atoms with Crippen LogP contribution in [0.4, 0.5) is 9.39 Å². The number of aldehydes is 1. The number of aromatic hydroxyl groups is 1. The molecule has 5 nitrogen and oxygen atoms in total. The standard InChI is InChI=1S/C20H16BrClFN3O2S/c21-15-3-2-12(28)10-13(15)17-16(22)11-14-19(18(17)23)24-29-20(14)26-7-5-25(6-8-26)4-1-9-27/h1-4,9-11,28H,5-8H2. The summed E-state index contributed by atoms with van der Waals surface area (Å²) in [5, 5.41) is 11.6. The van der Waals surface area contributed by atoms with E-state index in [0.717, 1.165) is 37.5 Å². The van der Waals surface area contributed by atoms with Crippen LogP contribution in [0.5, 0.6) is 5.75 Å². The van der Waals surface area contributed by atoms with Crippen molar-refractivity contribution in [3.05, 3.63) is 51.9 Å². The number of carbonyl (C=O) groups excluding carboxylic acids is 1. The molecule has 0 saturated carbocycles. The molecular weight excluding hydrogens is 481 g/mol. The molecule has 1 aliphatic heterocycles. The van der Waals surface area contributed by atoms with Crippen molar-refractivity contribution in [2.75, 3.05) is 31.1 Å². The van der Waals surface area contributed by atoms with Gasteiger partial charge in [-0.3, -0.25) is 4.79 Å². The molecule has 1 saturated heterocycles. The molecule has 4 rings (SSSR count). The van der Waals surface area contributed by atoms with Crippen LogP contribution in [0, 0.1) is 5.82 Å². The van der Waals surface area contributed by atoms with Crippen LogP contribution in [0.25, 0.3) is 22.0 Å². The third-order valence-electron chi connectivity index (χ3n) is 4.84. The minimum Gasteiger partial charge on any atom is -0.508 e. The van der Waals surface area contributed by atoms with E-state index < -0.39 is 5.82 Å². The van der Waals surface area contributed by atoms with E-state index in [2.05, 4.69) is 30.1 Å². The zero-order valence-electron chi connectivity index (χ0n) is 15.1. The van der Waals surface area contributed by atoms with Crippen molar-refractivity contribution in [1.29, 1.82) is 0 Å². The van der Waals surface area contributed by atoms with Gasteiger partial charge in [0, 0.05) is 53.4 Å². The second-order valence-electron chi connectivity index (χ2n) is 6.60. The number of benzene rings is 2.